The van der Waals surface area contributed by atoms with Crippen LogP contribution in [0.5, 0.6) is 0 Å². The lowest BCUT2D eigenvalue weighted by Crippen LogP contribution is -2.25. The Labute approximate surface area is 121 Å². The number of hydrogen-bond acceptors (Lipinski definition) is 3. The molecule has 1 atom stereocenters. The summed E-state index contributed by atoms with van der Waals surface area (Å²) in [6.45, 7) is 1.92. The van der Waals surface area contributed by atoms with Gasteiger partial charge in [-0.15, -0.1) is 0 Å². The zero-order valence-electron chi connectivity index (χ0n) is 11.3. The second kappa shape index (κ2) is 6.56. The number of imidazole rings is 1. The van der Waals surface area contributed by atoms with Gasteiger partial charge < -0.3 is 9.88 Å². The SMILES string of the molecule is CCC(Sc1nccn1C)C(=O)Nc1ccccc1F. The number of nitrogens with one attached hydrogen (secondary N) is 1. The van der Waals surface area contributed by atoms with Crippen molar-refractivity contribution in [1.82, 2.24) is 9.55 Å². The maximum absolute atomic E-state index is 13.5. The first-order chi connectivity index (χ1) is 9.61. The molecule has 1 aromatic heterocycles. The molecule has 1 amide bonds. The molecular weight excluding hydrogens is 277 g/mol. The van der Waals surface area contributed by atoms with E-state index in [9.17, 15) is 9.18 Å². The Morgan fingerprint density at radius 3 is 2.85 bits per heavy atom. The third-order valence-corrected chi connectivity index (χ3v) is 4.26. The van der Waals surface area contributed by atoms with Gasteiger partial charge in [0.05, 0.1) is 10.9 Å². The van der Waals surface area contributed by atoms with Gasteiger partial charge in [-0.3, -0.25) is 4.79 Å². The first kappa shape index (κ1) is 14.6. The predicted molar refractivity (Wildman–Crippen MR) is 78.2 cm³/mol. The molecule has 0 fully saturated rings. The van der Waals surface area contributed by atoms with Crippen LogP contribution in [0.2, 0.25) is 0 Å². The highest BCUT2D eigenvalue weighted by Crippen LogP contribution is 2.25. The molecule has 6 heteroatoms. The third-order valence-electron chi connectivity index (χ3n) is 2.82. The standard InChI is InChI=1S/C14H16FN3OS/c1-3-12(20-14-16-8-9-18(14)2)13(19)17-11-7-5-4-6-10(11)15/h4-9,12H,3H2,1-2H3,(H,17,19). The average Bonchev–Trinajstić information content (AvgIpc) is 2.84. The van der Waals surface area contributed by atoms with Crippen LogP contribution in [0.1, 0.15) is 13.3 Å². The molecular formula is C14H16FN3OS. The molecule has 20 heavy (non-hydrogen) atoms. The molecule has 0 saturated heterocycles. The third kappa shape index (κ3) is 3.39. The van der Waals surface area contributed by atoms with E-state index in [1.165, 1.54) is 17.8 Å². The van der Waals surface area contributed by atoms with Gasteiger partial charge in [-0.25, -0.2) is 9.37 Å². The van der Waals surface area contributed by atoms with Crippen LogP contribution in [-0.2, 0) is 11.8 Å². The molecule has 1 unspecified atom stereocenters. The number of hydrogen-bond donors (Lipinski definition) is 1. The average molecular weight is 293 g/mol. The van der Waals surface area contributed by atoms with Crippen molar-refractivity contribution in [2.75, 3.05) is 5.32 Å². The molecule has 2 rings (SSSR count). The van der Waals surface area contributed by atoms with E-state index in [0.717, 1.165) is 5.16 Å². The molecule has 2 aromatic rings. The second-order valence-electron chi connectivity index (χ2n) is 4.30. The van der Waals surface area contributed by atoms with Crippen molar-refractivity contribution in [3.05, 3.63) is 42.5 Å². The number of aryl methyl sites for hydroxylation is 1. The number of anilines is 1. The zero-order valence-corrected chi connectivity index (χ0v) is 12.2. The van der Waals surface area contributed by atoms with Crippen LogP contribution in [0.4, 0.5) is 10.1 Å². The van der Waals surface area contributed by atoms with Gasteiger partial charge in [0.1, 0.15) is 5.82 Å². The lowest BCUT2D eigenvalue weighted by molar-refractivity contribution is -0.115. The van der Waals surface area contributed by atoms with Gasteiger partial charge in [-0.05, 0) is 18.6 Å². The maximum Gasteiger partial charge on any atom is 0.238 e. The van der Waals surface area contributed by atoms with Gasteiger partial charge in [0.15, 0.2) is 5.16 Å². The first-order valence-electron chi connectivity index (χ1n) is 6.31. The molecule has 0 spiro atoms. The van der Waals surface area contributed by atoms with Crippen LogP contribution in [0.25, 0.3) is 0 Å². The number of halogens is 1. The molecule has 1 heterocycles. The summed E-state index contributed by atoms with van der Waals surface area (Å²) in [6, 6.07) is 6.14. The van der Waals surface area contributed by atoms with Crippen LogP contribution in [0, 0.1) is 5.82 Å². The van der Waals surface area contributed by atoms with Crippen LogP contribution in [0.3, 0.4) is 0 Å². The summed E-state index contributed by atoms with van der Waals surface area (Å²) in [4.78, 5) is 16.4. The Morgan fingerprint density at radius 2 is 2.25 bits per heavy atom. The van der Waals surface area contributed by atoms with Crippen LogP contribution in [0.15, 0.2) is 41.8 Å². The van der Waals surface area contributed by atoms with Gasteiger partial charge in [-0.1, -0.05) is 30.8 Å². The highest BCUT2D eigenvalue weighted by molar-refractivity contribution is 8.00. The predicted octanol–water partition coefficient (Wildman–Crippen LogP) is 3.07. The molecule has 0 radical (unpaired) electrons. The summed E-state index contributed by atoms with van der Waals surface area (Å²) >= 11 is 1.37. The monoisotopic (exact) mass is 293 g/mol. The van der Waals surface area contributed by atoms with E-state index in [4.69, 9.17) is 0 Å². The molecule has 0 aliphatic heterocycles. The van der Waals surface area contributed by atoms with Gasteiger partial charge in [0.25, 0.3) is 0 Å². The minimum absolute atomic E-state index is 0.205. The van der Waals surface area contributed by atoms with Gasteiger partial charge in [-0.2, -0.15) is 0 Å². The minimum Gasteiger partial charge on any atom is -0.329 e. The normalized spacial score (nSPS) is 12.2. The topological polar surface area (TPSA) is 46.9 Å². The number of carbonyl (C=O) groups excluding carboxylic acids is 1. The molecule has 1 aromatic carbocycles. The fraction of sp³-hybridized carbons (Fsp3) is 0.286. The summed E-state index contributed by atoms with van der Waals surface area (Å²) in [5, 5.41) is 3.08. The Bertz CT molecular complexity index is 600. The largest absolute Gasteiger partial charge is 0.329 e. The number of amides is 1. The number of aromatic nitrogens is 2. The van der Waals surface area contributed by atoms with Crippen molar-refractivity contribution in [1.29, 1.82) is 0 Å². The minimum atomic E-state index is -0.433. The Kier molecular flexibility index (Phi) is 4.79. The van der Waals surface area contributed by atoms with Crippen molar-refractivity contribution in [2.45, 2.75) is 23.8 Å². The molecule has 4 nitrogen and oxygen atoms in total. The number of carbonyl (C=O) groups is 1. The molecule has 0 saturated carbocycles. The highest BCUT2D eigenvalue weighted by atomic mass is 32.2. The molecule has 0 bridgehead atoms. The highest BCUT2D eigenvalue weighted by Gasteiger charge is 2.20. The van der Waals surface area contributed by atoms with Gasteiger partial charge in [0.2, 0.25) is 5.91 Å². The summed E-state index contributed by atoms with van der Waals surface area (Å²) in [5.74, 6) is -0.650. The lowest BCUT2D eigenvalue weighted by atomic mass is 10.2. The van der Waals surface area contributed by atoms with E-state index >= 15 is 0 Å². The lowest BCUT2D eigenvalue weighted by Gasteiger charge is -2.14. The van der Waals surface area contributed by atoms with Crippen molar-refractivity contribution in [3.63, 3.8) is 0 Å². The summed E-state index contributed by atoms with van der Waals surface area (Å²) in [7, 11) is 1.87. The van der Waals surface area contributed by atoms with Crippen molar-refractivity contribution in [3.8, 4) is 0 Å². The van der Waals surface area contributed by atoms with E-state index < -0.39 is 5.82 Å². The zero-order chi connectivity index (χ0) is 14.5. The van der Waals surface area contributed by atoms with E-state index in [-0.39, 0.29) is 16.8 Å². The first-order valence-corrected chi connectivity index (χ1v) is 7.19. The van der Waals surface area contributed by atoms with Gasteiger partial charge in [0, 0.05) is 19.4 Å². The second-order valence-corrected chi connectivity index (χ2v) is 5.47. The number of nitrogens with zero attached hydrogens (tertiary/aromatic N) is 2. The molecule has 0 aliphatic carbocycles. The molecule has 0 aliphatic rings. The van der Waals surface area contributed by atoms with Crippen molar-refractivity contribution < 1.29 is 9.18 Å². The summed E-state index contributed by atoms with van der Waals surface area (Å²) in [5.41, 5.74) is 0.205. The Balaban J connectivity index is 2.06. The van der Waals surface area contributed by atoms with E-state index in [1.54, 1.807) is 24.4 Å². The quantitative estimate of drug-likeness (QED) is 0.862. The number of benzene rings is 1. The number of thioether (sulfide) groups is 1. The van der Waals surface area contributed by atoms with E-state index in [1.807, 2.05) is 24.7 Å². The van der Waals surface area contributed by atoms with E-state index in [0.29, 0.717) is 6.42 Å². The number of rotatable bonds is 5. The Morgan fingerprint density at radius 1 is 1.50 bits per heavy atom. The summed E-state index contributed by atoms with van der Waals surface area (Å²) < 4.78 is 15.4. The van der Waals surface area contributed by atoms with Crippen LogP contribution < -0.4 is 5.32 Å². The smallest absolute Gasteiger partial charge is 0.238 e. The van der Waals surface area contributed by atoms with Crippen LogP contribution in [-0.4, -0.2) is 20.7 Å². The fourth-order valence-corrected chi connectivity index (χ4v) is 2.63. The molecule has 106 valence electrons. The number of para-hydroxylation sites is 1. The summed E-state index contributed by atoms with van der Waals surface area (Å²) in [6.07, 6.45) is 4.14. The van der Waals surface area contributed by atoms with Crippen LogP contribution >= 0.6 is 11.8 Å². The van der Waals surface area contributed by atoms with Crippen molar-refractivity contribution >= 4 is 23.4 Å². The van der Waals surface area contributed by atoms with Gasteiger partial charge >= 0.3 is 0 Å². The fourth-order valence-electron chi connectivity index (χ4n) is 1.69. The van der Waals surface area contributed by atoms with E-state index in [2.05, 4.69) is 10.3 Å². The molecule has 1 N–H and O–H groups in total. The van der Waals surface area contributed by atoms with Crippen molar-refractivity contribution in [2.24, 2.45) is 7.05 Å². The maximum atomic E-state index is 13.5. The Hall–Kier alpha value is -1.82.